The van der Waals surface area contributed by atoms with E-state index in [0.29, 0.717) is 11.3 Å². The quantitative estimate of drug-likeness (QED) is 0.586. The van der Waals surface area contributed by atoms with Crippen molar-refractivity contribution >= 4 is 10.9 Å². The molecule has 0 aliphatic heterocycles. The van der Waals surface area contributed by atoms with Crippen LogP contribution >= 0.6 is 0 Å². The standard InChI is InChI=1S/C20H16FN3O3/c1-10-4-6-13(11(2)8-10)18-22-19(27-23-18)16-17(25)14-9-12(21)5-7-15(14)24(3)20(16)26/h4-9,25H,1-3H3. The zero-order valence-electron chi connectivity index (χ0n) is 14.9. The van der Waals surface area contributed by atoms with E-state index >= 15 is 0 Å². The van der Waals surface area contributed by atoms with E-state index in [0.717, 1.165) is 22.8 Å². The second kappa shape index (κ2) is 6.05. The van der Waals surface area contributed by atoms with Crippen molar-refractivity contribution in [3.05, 3.63) is 63.7 Å². The molecule has 0 bridgehead atoms. The fourth-order valence-corrected chi connectivity index (χ4v) is 3.20. The van der Waals surface area contributed by atoms with Crippen molar-refractivity contribution in [1.82, 2.24) is 14.7 Å². The van der Waals surface area contributed by atoms with E-state index in [9.17, 15) is 14.3 Å². The number of hydrogen-bond acceptors (Lipinski definition) is 5. The lowest BCUT2D eigenvalue weighted by Crippen LogP contribution is -2.19. The average Bonchev–Trinajstić information content (AvgIpc) is 3.09. The molecule has 0 aliphatic carbocycles. The Balaban J connectivity index is 1.94. The minimum atomic E-state index is -0.524. The summed E-state index contributed by atoms with van der Waals surface area (Å²) in [5, 5.41) is 14.7. The molecule has 0 unspecified atom stereocenters. The molecule has 6 nitrogen and oxygen atoms in total. The van der Waals surface area contributed by atoms with Gasteiger partial charge in [0.25, 0.3) is 11.4 Å². The number of fused-ring (bicyclic) bond motifs is 1. The Hall–Kier alpha value is -3.48. The van der Waals surface area contributed by atoms with Crippen LogP contribution in [0.3, 0.4) is 0 Å². The van der Waals surface area contributed by atoms with E-state index in [-0.39, 0.29) is 22.6 Å². The summed E-state index contributed by atoms with van der Waals surface area (Å²) in [6.07, 6.45) is 0. The predicted molar refractivity (Wildman–Crippen MR) is 99.0 cm³/mol. The number of halogens is 1. The zero-order valence-corrected chi connectivity index (χ0v) is 14.9. The van der Waals surface area contributed by atoms with Gasteiger partial charge >= 0.3 is 0 Å². The van der Waals surface area contributed by atoms with Gasteiger partial charge in [0, 0.05) is 18.0 Å². The third-order valence-corrected chi connectivity index (χ3v) is 4.59. The molecule has 0 amide bonds. The van der Waals surface area contributed by atoms with Gasteiger partial charge in [-0.05, 0) is 37.6 Å². The maximum atomic E-state index is 13.6. The number of benzene rings is 2. The van der Waals surface area contributed by atoms with Crippen LogP contribution in [-0.2, 0) is 7.05 Å². The van der Waals surface area contributed by atoms with Crippen LogP contribution in [0.4, 0.5) is 4.39 Å². The summed E-state index contributed by atoms with van der Waals surface area (Å²) < 4.78 is 20.2. The summed E-state index contributed by atoms with van der Waals surface area (Å²) in [5.74, 6) is -0.718. The fraction of sp³-hybridized carbons (Fsp3) is 0.150. The Bertz CT molecular complexity index is 1260. The van der Waals surface area contributed by atoms with E-state index in [1.54, 1.807) is 0 Å². The summed E-state index contributed by atoms with van der Waals surface area (Å²) in [4.78, 5) is 17.0. The summed E-state index contributed by atoms with van der Waals surface area (Å²) in [7, 11) is 1.53. The third-order valence-electron chi connectivity index (χ3n) is 4.59. The lowest BCUT2D eigenvalue weighted by atomic mass is 10.1. The molecule has 0 radical (unpaired) electrons. The number of pyridine rings is 1. The molecule has 1 N–H and O–H groups in total. The van der Waals surface area contributed by atoms with Crippen molar-refractivity contribution in [2.24, 2.45) is 7.05 Å². The summed E-state index contributed by atoms with van der Waals surface area (Å²) in [5.41, 5.74) is 2.56. The predicted octanol–water partition coefficient (Wildman–Crippen LogP) is 3.72. The maximum absolute atomic E-state index is 13.6. The van der Waals surface area contributed by atoms with Crippen molar-refractivity contribution < 1.29 is 14.0 Å². The van der Waals surface area contributed by atoms with E-state index in [2.05, 4.69) is 10.1 Å². The Morgan fingerprint density at radius 3 is 2.67 bits per heavy atom. The normalized spacial score (nSPS) is 11.3. The van der Waals surface area contributed by atoms with Crippen LogP contribution in [0.2, 0.25) is 0 Å². The zero-order chi connectivity index (χ0) is 19.3. The van der Waals surface area contributed by atoms with E-state index in [1.807, 2.05) is 32.0 Å². The van der Waals surface area contributed by atoms with Crippen LogP contribution in [0, 0.1) is 19.7 Å². The van der Waals surface area contributed by atoms with Crippen LogP contribution in [0.15, 0.2) is 45.7 Å². The van der Waals surface area contributed by atoms with Gasteiger partial charge < -0.3 is 14.2 Å². The molecule has 0 atom stereocenters. The van der Waals surface area contributed by atoms with Gasteiger partial charge in [-0.15, -0.1) is 0 Å². The summed E-state index contributed by atoms with van der Waals surface area (Å²) in [6, 6.07) is 9.60. The van der Waals surface area contributed by atoms with Crippen molar-refractivity contribution in [3.63, 3.8) is 0 Å². The first-order valence-corrected chi connectivity index (χ1v) is 8.29. The first-order valence-electron chi connectivity index (χ1n) is 8.29. The van der Waals surface area contributed by atoms with Crippen LogP contribution in [0.1, 0.15) is 11.1 Å². The van der Waals surface area contributed by atoms with E-state index < -0.39 is 11.4 Å². The number of aromatic nitrogens is 3. The topological polar surface area (TPSA) is 81.2 Å². The molecule has 0 spiro atoms. The highest BCUT2D eigenvalue weighted by Gasteiger charge is 2.22. The first kappa shape index (κ1) is 17.0. The SMILES string of the molecule is Cc1ccc(-c2noc(-c3c(O)c4cc(F)ccc4n(C)c3=O)n2)c(C)c1. The Morgan fingerprint density at radius 1 is 1.15 bits per heavy atom. The van der Waals surface area contributed by atoms with Gasteiger partial charge in [0.2, 0.25) is 5.82 Å². The van der Waals surface area contributed by atoms with Gasteiger partial charge in [0.1, 0.15) is 17.1 Å². The van der Waals surface area contributed by atoms with Crippen molar-refractivity contribution in [2.75, 3.05) is 0 Å². The largest absolute Gasteiger partial charge is 0.506 e. The number of aryl methyl sites for hydroxylation is 3. The molecule has 0 aliphatic rings. The van der Waals surface area contributed by atoms with Gasteiger partial charge in [0.05, 0.1) is 5.52 Å². The third kappa shape index (κ3) is 2.68. The highest BCUT2D eigenvalue weighted by Crippen LogP contribution is 2.33. The first-order chi connectivity index (χ1) is 12.9. The minimum absolute atomic E-state index is 0.116. The number of nitrogens with zero attached hydrogens (tertiary/aromatic N) is 3. The molecule has 4 aromatic rings. The minimum Gasteiger partial charge on any atom is -0.506 e. The van der Waals surface area contributed by atoms with Crippen LogP contribution < -0.4 is 5.56 Å². The molecule has 7 heteroatoms. The van der Waals surface area contributed by atoms with E-state index in [4.69, 9.17) is 4.52 Å². The van der Waals surface area contributed by atoms with Gasteiger partial charge in [-0.25, -0.2) is 4.39 Å². The number of rotatable bonds is 2. The molecule has 0 fully saturated rings. The lowest BCUT2D eigenvalue weighted by molar-refractivity contribution is 0.425. The molecule has 0 saturated carbocycles. The Kier molecular flexibility index (Phi) is 3.80. The van der Waals surface area contributed by atoms with Gasteiger partial charge in [-0.2, -0.15) is 4.98 Å². The molecule has 0 saturated heterocycles. The maximum Gasteiger partial charge on any atom is 0.267 e. The molecular formula is C20H16FN3O3. The summed E-state index contributed by atoms with van der Waals surface area (Å²) in [6.45, 7) is 3.90. The average molecular weight is 365 g/mol. The second-order valence-electron chi connectivity index (χ2n) is 6.49. The highest BCUT2D eigenvalue weighted by molar-refractivity contribution is 5.91. The van der Waals surface area contributed by atoms with Crippen molar-refractivity contribution in [1.29, 1.82) is 0 Å². The van der Waals surface area contributed by atoms with E-state index in [1.165, 1.54) is 23.7 Å². The molecule has 2 aromatic heterocycles. The Morgan fingerprint density at radius 2 is 1.93 bits per heavy atom. The highest BCUT2D eigenvalue weighted by atomic mass is 19.1. The molecular weight excluding hydrogens is 349 g/mol. The molecule has 136 valence electrons. The van der Waals surface area contributed by atoms with Crippen LogP contribution in [0.5, 0.6) is 5.75 Å². The number of hydrogen-bond donors (Lipinski definition) is 1. The Labute approximate surface area is 153 Å². The number of aromatic hydroxyl groups is 1. The molecule has 27 heavy (non-hydrogen) atoms. The summed E-state index contributed by atoms with van der Waals surface area (Å²) >= 11 is 0. The fourth-order valence-electron chi connectivity index (χ4n) is 3.20. The molecule has 2 heterocycles. The second-order valence-corrected chi connectivity index (χ2v) is 6.49. The van der Waals surface area contributed by atoms with Gasteiger partial charge in [-0.1, -0.05) is 28.9 Å². The van der Waals surface area contributed by atoms with Gasteiger partial charge in [0.15, 0.2) is 0 Å². The van der Waals surface area contributed by atoms with Crippen molar-refractivity contribution in [3.8, 4) is 28.6 Å². The smallest absolute Gasteiger partial charge is 0.267 e. The lowest BCUT2D eigenvalue weighted by Gasteiger charge is -2.09. The molecule has 4 rings (SSSR count). The monoisotopic (exact) mass is 365 g/mol. The van der Waals surface area contributed by atoms with Crippen LogP contribution in [0.25, 0.3) is 33.7 Å². The van der Waals surface area contributed by atoms with Gasteiger partial charge in [-0.3, -0.25) is 4.79 Å². The van der Waals surface area contributed by atoms with Crippen LogP contribution in [-0.4, -0.2) is 19.8 Å². The van der Waals surface area contributed by atoms with Crippen molar-refractivity contribution in [2.45, 2.75) is 13.8 Å². The molecule has 2 aromatic carbocycles.